The van der Waals surface area contributed by atoms with Gasteiger partial charge in [-0.15, -0.1) is 0 Å². The smallest absolute Gasteiger partial charge is 0.244 e. The topological polar surface area (TPSA) is 86.8 Å². The molecular weight excluding hydrogens is 582 g/mol. The van der Waals surface area contributed by atoms with Crippen molar-refractivity contribution in [1.82, 2.24) is 10.2 Å². The molecule has 9 heteroatoms. The number of benzene rings is 4. The minimum Gasteiger partial charge on any atom is -0.352 e. The van der Waals surface area contributed by atoms with Gasteiger partial charge in [-0.1, -0.05) is 103 Å². The second kappa shape index (κ2) is 13.6. The Kier molecular flexibility index (Phi) is 9.68. The average molecular weight is 618 g/mol. The van der Waals surface area contributed by atoms with Crippen LogP contribution in [0.1, 0.15) is 36.8 Å². The van der Waals surface area contributed by atoms with Crippen molar-refractivity contribution in [2.75, 3.05) is 17.1 Å². The molecule has 1 aliphatic carbocycles. The van der Waals surface area contributed by atoms with Crippen LogP contribution in [0.15, 0.2) is 97.1 Å². The van der Waals surface area contributed by atoms with Gasteiger partial charge in [0.05, 0.1) is 11.9 Å². The van der Waals surface area contributed by atoms with E-state index < -0.39 is 28.5 Å². The fraction of sp³-hybridized carbons (Fsp3) is 0.294. The van der Waals surface area contributed by atoms with E-state index in [0.29, 0.717) is 16.1 Å². The number of carbonyl (C=O) groups excluding carboxylic acids is 2. The van der Waals surface area contributed by atoms with Crippen molar-refractivity contribution in [3.63, 3.8) is 0 Å². The van der Waals surface area contributed by atoms with E-state index in [1.54, 1.807) is 24.3 Å². The number of hydrogen-bond acceptors (Lipinski definition) is 4. The molecule has 1 atom stereocenters. The Bertz CT molecular complexity index is 1670. The minimum atomic E-state index is -3.87. The van der Waals surface area contributed by atoms with E-state index in [-0.39, 0.29) is 24.9 Å². The van der Waals surface area contributed by atoms with Crippen molar-refractivity contribution in [2.24, 2.45) is 0 Å². The molecule has 224 valence electrons. The van der Waals surface area contributed by atoms with E-state index in [9.17, 15) is 18.0 Å². The Hall–Kier alpha value is -3.88. The van der Waals surface area contributed by atoms with Gasteiger partial charge in [0.2, 0.25) is 21.8 Å². The van der Waals surface area contributed by atoms with Crippen molar-refractivity contribution >= 4 is 49.9 Å². The van der Waals surface area contributed by atoms with Crippen LogP contribution in [-0.4, -0.2) is 50.0 Å². The van der Waals surface area contributed by atoms with Crippen LogP contribution in [0.5, 0.6) is 0 Å². The second-order valence-corrected chi connectivity index (χ2v) is 13.5. The Labute approximate surface area is 258 Å². The maximum absolute atomic E-state index is 14.4. The van der Waals surface area contributed by atoms with Crippen LogP contribution < -0.4 is 9.62 Å². The van der Waals surface area contributed by atoms with Crippen LogP contribution in [0, 0.1) is 0 Å². The zero-order valence-electron chi connectivity index (χ0n) is 24.2. The van der Waals surface area contributed by atoms with Gasteiger partial charge < -0.3 is 10.2 Å². The highest BCUT2D eigenvalue weighted by Gasteiger charge is 2.34. The quantitative estimate of drug-likeness (QED) is 0.225. The maximum atomic E-state index is 14.4. The number of carbonyl (C=O) groups is 2. The molecule has 1 aliphatic rings. The molecule has 0 radical (unpaired) electrons. The first kappa shape index (κ1) is 30.6. The summed E-state index contributed by atoms with van der Waals surface area (Å²) in [7, 11) is -3.87. The summed E-state index contributed by atoms with van der Waals surface area (Å²) in [6.45, 7) is -0.346. The first-order valence-electron chi connectivity index (χ1n) is 14.5. The SMILES string of the molecule is CS(=O)(=O)N(CC(=O)N(Cc1ccc(Cl)cc1)C(Cc1ccccc1)C(=O)NC1CCCC1)c1cccc2ccccc12. The van der Waals surface area contributed by atoms with Crippen LogP contribution >= 0.6 is 11.6 Å². The molecule has 1 N–H and O–H groups in total. The van der Waals surface area contributed by atoms with Gasteiger partial charge in [0, 0.05) is 29.4 Å². The highest BCUT2D eigenvalue weighted by atomic mass is 35.5. The first-order chi connectivity index (χ1) is 20.7. The monoisotopic (exact) mass is 617 g/mol. The number of amides is 2. The number of sulfonamides is 1. The lowest BCUT2D eigenvalue weighted by molar-refractivity contribution is -0.140. The van der Waals surface area contributed by atoms with Crippen LogP contribution in [-0.2, 0) is 32.6 Å². The van der Waals surface area contributed by atoms with E-state index in [0.717, 1.165) is 52.8 Å². The molecule has 0 saturated heterocycles. The highest BCUT2D eigenvalue weighted by Crippen LogP contribution is 2.29. The van der Waals surface area contributed by atoms with Crippen molar-refractivity contribution in [1.29, 1.82) is 0 Å². The van der Waals surface area contributed by atoms with Gasteiger partial charge in [0.15, 0.2) is 0 Å². The Balaban J connectivity index is 1.54. The predicted octanol–water partition coefficient (Wildman–Crippen LogP) is 5.96. The summed E-state index contributed by atoms with van der Waals surface area (Å²) >= 11 is 6.14. The molecule has 0 aliphatic heterocycles. The molecule has 0 aromatic heterocycles. The van der Waals surface area contributed by atoms with Crippen molar-refractivity contribution in [3.05, 3.63) is 113 Å². The van der Waals surface area contributed by atoms with Gasteiger partial charge in [-0.3, -0.25) is 13.9 Å². The Morgan fingerprint density at radius 2 is 1.51 bits per heavy atom. The number of halogens is 1. The molecule has 2 amide bonds. The third-order valence-electron chi connectivity index (χ3n) is 7.95. The summed E-state index contributed by atoms with van der Waals surface area (Å²) in [4.78, 5) is 29.8. The largest absolute Gasteiger partial charge is 0.352 e. The van der Waals surface area contributed by atoms with Gasteiger partial charge in [-0.25, -0.2) is 8.42 Å². The van der Waals surface area contributed by atoms with E-state index in [4.69, 9.17) is 11.6 Å². The number of fused-ring (bicyclic) bond motifs is 1. The summed E-state index contributed by atoms with van der Waals surface area (Å²) in [5, 5.41) is 5.31. The number of hydrogen-bond donors (Lipinski definition) is 1. The minimum absolute atomic E-state index is 0.0569. The van der Waals surface area contributed by atoms with Gasteiger partial charge >= 0.3 is 0 Å². The standard InChI is InChI=1S/C34H36ClN3O4S/c1-43(41,42)38(31-17-9-13-27-12-5-8-16-30(27)31)24-33(39)37(23-26-18-20-28(35)21-19-26)32(22-25-10-3-2-4-11-25)34(40)36-29-14-6-7-15-29/h2-5,8-13,16-21,29,32H,6-7,14-15,22-24H2,1H3,(H,36,40). The average Bonchev–Trinajstić information content (AvgIpc) is 3.51. The van der Waals surface area contributed by atoms with E-state index >= 15 is 0 Å². The Morgan fingerprint density at radius 3 is 2.21 bits per heavy atom. The lowest BCUT2D eigenvalue weighted by Gasteiger charge is -2.34. The fourth-order valence-electron chi connectivity index (χ4n) is 5.73. The third kappa shape index (κ3) is 7.75. The number of nitrogens with zero attached hydrogens (tertiary/aromatic N) is 2. The highest BCUT2D eigenvalue weighted by molar-refractivity contribution is 7.92. The molecule has 1 saturated carbocycles. The van der Waals surface area contributed by atoms with Gasteiger partial charge in [0.25, 0.3) is 0 Å². The van der Waals surface area contributed by atoms with Crippen LogP contribution in [0.3, 0.4) is 0 Å². The molecule has 1 unspecified atom stereocenters. The first-order valence-corrected chi connectivity index (χ1v) is 16.8. The molecule has 0 heterocycles. The maximum Gasteiger partial charge on any atom is 0.244 e. The molecule has 0 spiro atoms. The van der Waals surface area contributed by atoms with Gasteiger partial charge in [0.1, 0.15) is 12.6 Å². The molecule has 4 aromatic carbocycles. The van der Waals surface area contributed by atoms with Crippen LogP contribution in [0.4, 0.5) is 5.69 Å². The second-order valence-electron chi connectivity index (χ2n) is 11.1. The van der Waals surface area contributed by atoms with E-state index in [2.05, 4.69) is 5.32 Å². The van der Waals surface area contributed by atoms with Crippen molar-refractivity contribution < 1.29 is 18.0 Å². The van der Waals surface area contributed by atoms with Crippen molar-refractivity contribution in [3.8, 4) is 0 Å². The van der Waals surface area contributed by atoms with E-state index in [1.165, 1.54) is 4.90 Å². The molecule has 1 fully saturated rings. The zero-order chi connectivity index (χ0) is 30.4. The zero-order valence-corrected chi connectivity index (χ0v) is 25.7. The number of anilines is 1. The normalized spacial score (nSPS) is 14.4. The van der Waals surface area contributed by atoms with E-state index in [1.807, 2.05) is 72.8 Å². The summed E-state index contributed by atoms with van der Waals surface area (Å²) < 4.78 is 27.6. The van der Waals surface area contributed by atoms with Crippen LogP contribution in [0.25, 0.3) is 10.8 Å². The lowest BCUT2D eigenvalue weighted by Crippen LogP contribution is -2.54. The van der Waals surface area contributed by atoms with Crippen LogP contribution in [0.2, 0.25) is 5.02 Å². The third-order valence-corrected chi connectivity index (χ3v) is 9.33. The summed E-state index contributed by atoms with van der Waals surface area (Å²) in [5.74, 6) is -0.718. The summed E-state index contributed by atoms with van der Waals surface area (Å²) in [6.07, 6.45) is 5.29. The summed E-state index contributed by atoms with van der Waals surface area (Å²) in [6, 6.07) is 28.7. The molecular formula is C34H36ClN3O4S. The van der Waals surface area contributed by atoms with Gasteiger partial charge in [-0.05, 0) is 47.6 Å². The van der Waals surface area contributed by atoms with Gasteiger partial charge in [-0.2, -0.15) is 0 Å². The molecule has 7 nitrogen and oxygen atoms in total. The Morgan fingerprint density at radius 1 is 0.860 bits per heavy atom. The fourth-order valence-corrected chi connectivity index (χ4v) is 6.72. The predicted molar refractivity (Wildman–Crippen MR) is 172 cm³/mol. The number of nitrogens with one attached hydrogen (secondary N) is 1. The molecule has 0 bridgehead atoms. The molecule has 5 rings (SSSR count). The van der Waals surface area contributed by atoms with Crippen molar-refractivity contribution in [2.45, 2.75) is 50.7 Å². The molecule has 43 heavy (non-hydrogen) atoms. The number of rotatable bonds is 11. The summed E-state index contributed by atoms with van der Waals surface area (Å²) in [5.41, 5.74) is 2.09. The molecule has 4 aromatic rings. The lowest BCUT2D eigenvalue weighted by atomic mass is 10.0.